The molecule has 0 aliphatic heterocycles. The van der Waals surface area contributed by atoms with E-state index in [2.05, 4.69) is 15.3 Å². The zero-order chi connectivity index (χ0) is 13.7. The number of hydrogen-bond donors (Lipinski definition) is 3. The number of aromatic nitrogens is 2. The lowest BCUT2D eigenvalue weighted by molar-refractivity contribution is -0.142. The largest absolute Gasteiger partial charge is 0.480 e. The predicted octanol–water partition coefficient (Wildman–Crippen LogP) is 0.814. The van der Waals surface area contributed by atoms with Crippen LogP contribution in [0.3, 0.4) is 0 Å². The number of nitrogens with zero attached hydrogens (tertiary/aromatic N) is 1. The SMILES string of the molecule is CC(C)C(C)C(=O)N[C@@H](Cc1cnc[nH]1)C(=O)O. The highest BCUT2D eigenvalue weighted by Crippen LogP contribution is 2.10. The number of carboxylic acids is 1. The number of carbonyl (C=O) groups is 2. The Bertz CT molecular complexity index is 401. The summed E-state index contributed by atoms with van der Waals surface area (Å²) in [5.41, 5.74) is 0.680. The topological polar surface area (TPSA) is 95.1 Å². The minimum absolute atomic E-state index is 0.173. The lowest BCUT2D eigenvalue weighted by Crippen LogP contribution is -2.45. The van der Waals surface area contributed by atoms with E-state index in [1.807, 2.05) is 13.8 Å². The fourth-order valence-corrected chi connectivity index (χ4v) is 1.42. The quantitative estimate of drug-likeness (QED) is 0.699. The van der Waals surface area contributed by atoms with E-state index in [-0.39, 0.29) is 24.2 Å². The van der Waals surface area contributed by atoms with E-state index in [9.17, 15) is 9.59 Å². The van der Waals surface area contributed by atoms with Gasteiger partial charge < -0.3 is 15.4 Å². The van der Waals surface area contributed by atoms with Crippen LogP contribution >= 0.6 is 0 Å². The van der Waals surface area contributed by atoms with Crippen LogP contribution in [0.5, 0.6) is 0 Å². The predicted molar refractivity (Wildman–Crippen MR) is 65.9 cm³/mol. The maximum absolute atomic E-state index is 11.8. The van der Waals surface area contributed by atoms with Gasteiger partial charge in [0.1, 0.15) is 6.04 Å². The first-order valence-corrected chi connectivity index (χ1v) is 5.92. The smallest absolute Gasteiger partial charge is 0.326 e. The summed E-state index contributed by atoms with van der Waals surface area (Å²) in [6, 6.07) is -0.931. The van der Waals surface area contributed by atoms with Crippen LogP contribution in [0.25, 0.3) is 0 Å². The zero-order valence-electron chi connectivity index (χ0n) is 10.8. The summed E-state index contributed by atoms with van der Waals surface area (Å²) in [6.45, 7) is 5.64. The van der Waals surface area contributed by atoms with Gasteiger partial charge in [0.2, 0.25) is 5.91 Å². The van der Waals surface area contributed by atoms with Gasteiger partial charge in [-0.3, -0.25) is 4.79 Å². The standard InChI is InChI=1S/C12H19N3O3/c1-7(2)8(3)11(16)15-10(12(17)18)4-9-5-13-6-14-9/h5-8,10H,4H2,1-3H3,(H,13,14)(H,15,16)(H,17,18)/t8?,10-/m0/s1. The number of hydrogen-bond acceptors (Lipinski definition) is 3. The molecule has 0 aliphatic carbocycles. The number of carboxylic acid groups (broad SMARTS) is 1. The third-order valence-corrected chi connectivity index (χ3v) is 3.01. The van der Waals surface area contributed by atoms with Crippen molar-refractivity contribution >= 4 is 11.9 Å². The molecule has 0 aromatic carbocycles. The molecule has 0 saturated heterocycles. The third kappa shape index (κ3) is 3.87. The molecule has 1 amide bonds. The molecule has 0 spiro atoms. The summed E-state index contributed by atoms with van der Waals surface area (Å²) in [5, 5.41) is 11.6. The summed E-state index contributed by atoms with van der Waals surface area (Å²) in [4.78, 5) is 29.6. The van der Waals surface area contributed by atoms with Gasteiger partial charge in [0.15, 0.2) is 0 Å². The van der Waals surface area contributed by atoms with E-state index < -0.39 is 12.0 Å². The van der Waals surface area contributed by atoms with Crippen molar-refractivity contribution in [3.8, 4) is 0 Å². The number of amides is 1. The molecule has 1 heterocycles. The van der Waals surface area contributed by atoms with Crippen molar-refractivity contribution in [3.63, 3.8) is 0 Å². The van der Waals surface area contributed by atoms with Crippen LogP contribution in [0.2, 0.25) is 0 Å². The van der Waals surface area contributed by atoms with Gasteiger partial charge in [-0.05, 0) is 5.92 Å². The van der Waals surface area contributed by atoms with Crippen LogP contribution in [-0.4, -0.2) is 33.0 Å². The van der Waals surface area contributed by atoms with E-state index in [0.717, 1.165) is 0 Å². The van der Waals surface area contributed by atoms with Crippen molar-refractivity contribution in [1.82, 2.24) is 15.3 Å². The minimum atomic E-state index is -1.05. The molecule has 0 aliphatic rings. The molecule has 0 fully saturated rings. The number of nitrogens with one attached hydrogen (secondary N) is 2. The first-order chi connectivity index (χ1) is 8.41. The number of aromatic amines is 1. The molecular formula is C12H19N3O3. The van der Waals surface area contributed by atoms with Crippen LogP contribution in [0.4, 0.5) is 0 Å². The van der Waals surface area contributed by atoms with Crippen molar-refractivity contribution in [2.45, 2.75) is 33.2 Å². The van der Waals surface area contributed by atoms with Gasteiger partial charge in [0.05, 0.1) is 6.33 Å². The summed E-state index contributed by atoms with van der Waals surface area (Å²) in [7, 11) is 0. The van der Waals surface area contributed by atoms with E-state index >= 15 is 0 Å². The summed E-state index contributed by atoms with van der Waals surface area (Å²) >= 11 is 0. The van der Waals surface area contributed by atoms with Crippen molar-refractivity contribution in [3.05, 3.63) is 18.2 Å². The molecule has 3 N–H and O–H groups in total. The Morgan fingerprint density at radius 2 is 2.11 bits per heavy atom. The number of imidazole rings is 1. The zero-order valence-corrected chi connectivity index (χ0v) is 10.8. The van der Waals surface area contributed by atoms with Gasteiger partial charge in [-0.1, -0.05) is 20.8 Å². The third-order valence-electron chi connectivity index (χ3n) is 3.01. The average molecular weight is 253 g/mol. The average Bonchev–Trinajstić information content (AvgIpc) is 2.79. The fraction of sp³-hybridized carbons (Fsp3) is 0.583. The Balaban J connectivity index is 2.64. The summed E-state index contributed by atoms with van der Waals surface area (Å²) in [5.74, 6) is -1.33. The highest BCUT2D eigenvalue weighted by molar-refractivity contribution is 5.85. The molecule has 1 rings (SSSR count). The highest BCUT2D eigenvalue weighted by Gasteiger charge is 2.24. The van der Waals surface area contributed by atoms with Gasteiger partial charge >= 0.3 is 5.97 Å². The van der Waals surface area contributed by atoms with Crippen molar-refractivity contribution in [1.29, 1.82) is 0 Å². The van der Waals surface area contributed by atoms with E-state index in [1.165, 1.54) is 6.33 Å². The van der Waals surface area contributed by atoms with Crippen molar-refractivity contribution in [2.75, 3.05) is 0 Å². The maximum atomic E-state index is 11.8. The number of aliphatic carboxylic acids is 1. The molecule has 0 bridgehead atoms. The van der Waals surface area contributed by atoms with Crippen LogP contribution in [0, 0.1) is 11.8 Å². The van der Waals surface area contributed by atoms with Crippen LogP contribution in [-0.2, 0) is 16.0 Å². The van der Waals surface area contributed by atoms with Crippen molar-refractivity contribution in [2.24, 2.45) is 11.8 Å². The molecule has 1 unspecified atom stereocenters. The number of rotatable bonds is 6. The molecule has 6 nitrogen and oxygen atoms in total. The van der Waals surface area contributed by atoms with Crippen LogP contribution in [0.15, 0.2) is 12.5 Å². The first-order valence-electron chi connectivity index (χ1n) is 5.92. The van der Waals surface area contributed by atoms with Crippen LogP contribution in [0.1, 0.15) is 26.5 Å². The van der Waals surface area contributed by atoms with Crippen LogP contribution < -0.4 is 5.32 Å². The van der Waals surface area contributed by atoms with Gasteiger partial charge in [0, 0.05) is 24.2 Å². The van der Waals surface area contributed by atoms with E-state index in [4.69, 9.17) is 5.11 Å². The first kappa shape index (κ1) is 14.2. The second kappa shape index (κ2) is 6.18. The Morgan fingerprint density at radius 1 is 1.44 bits per heavy atom. The molecule has 0 radical (unpaired) electrons. The van der Waals surface area contributed by atoms with Gasteiger partial charge in [0.25, 0.3) is 0 Å². The Labute approximate surface area is 106 Å². The molecule has 1 aromatic rings. The lowest BCUT2D eigenvalue weighted by atomic mass is 9.96. The normalized spacial score (nSPS) is 14.2. The Hall–Kier alpha value is -1.85. The van der Waals surface area contributed by atoms with Gasteiger partial charge in [-0.15, -0.1) is 0 Å². The molecule has 18 heavy (non-hydrogen) atoms. The minimum Gasteiger partial charge on any atom is -0.480 e. The molecule has 2 atom stereocenters. The maximum Gasteiger partial charge on any atom is 0.326 e. The Morgan fingerprint density at radius 3 is 2.56 bits per heavy atom. The monoisotopic (exact) mass is 253 g/mol. The second-order valence-corrected chi connectivity index (χ2v) is 4.71. The number of carbonyl (C=O) groups excluding carboxylic acids is 1. The van der Waals surface area contributed by atoms with E-state index in [0.29, 0.717) is 5.69 Å². The molecule has 6 heteroatoms. The molecular weight excluding hydrogens is 234 g/mol. The summed E-state index contributed by atoms with van der Waals surface area (Å²) in [6.07, 6.45) is 3.23. The van der Waals surface area contributed by atoms with Gasteiger partial charge in [-0.2, -0.15) is 0 Å². The Kier molecular flexibility index (Phi) is 4.88. The van der Waals surface area contributed by atoms with Gasteiger partial charge in [-0.25, -0.2) is 9.78 Å². The van der Waals surface area contributed by atoms with E-state index in [1.54, 1.807) is 13.1 Å². The highest BCUT2D eigenvalue weighted by atomic mass is 16.4. The fourth-order valence-electron chi connectivity index (χ4n) is 1.42. The number of H-pyrrole nitrogens is 1. The molecule has 100 valence electrons. The lowest BCUT2D eigenvalue weighted by Gasteiger charge is -2.19. The second-order valence-electron chi connectivity index (χ2n) is 4.71. The molecule has 1 aromatic heterocycles. The summed E-state index contributed by atoms with van der Waals surface area (Å²) < 4.78 is 0. The molecule has 0 saturated carbocycles. The van der Waals surface area contributed by atoms with Crippen molar-refractivity contribution < 1.29 is 14.7 Å².